The van der Waals surface area contributed by atoms with Crippen LogP contribution in [-0.2, 0) is 16.8 Å². The number of carbonyl (C=O) groups is 2. The molecule has 6 aromatic rings. The number of nitrogens with one attached hydrogen (secondary N) is 3. The Kier molecular flexibility index (Phi) is 10.7. The van der Waals surface area contributed by atoms with E-state index in [0.29, 0.717) is 43.1 Å². The van der Waals surface area contributed by atoms with Gasteiger partial charge in [0.15, 0.2) is 5.82 Å². The molecular weight excluding hydrogens is 753 g/mol. The van der Waals surface area contributed by atoms with Gasteiger partial charge in [-0.25, -0.2) is 14.8 Å². The van der Waals surface area contributed by atoms with Crippen LogP contribution in [0.1, 0.15) is 87.3 Å². The van der Waals surface area contributed by atoms with Crippen molar-refractivity contribution in [1.82, 2.24) is 40.6 Å². The van der Waals surface area contributed by atoms with Gasteiger partial charge in [-0.05, 0) is 91.3 Å². The summed E-state index contributed by atoms with van der Waals surface area (Å²) in [5, 5.41) is 11.1. The first-order chi connectivity index (χ1) is 28.9. The van der Waals surface area contributed by atoms with Gasteiger partial charge in [0.25, 0.3) is 0 Å². The SMILES string of the molecule is Cc1cc(-c2ncnc3[nH]c(-c4ccc(C5CN(CC6CCN(c7ccc(N8CCC(=O)NC8=O)cc7)CC6)C5)cc4)cc23)ccc1[C@@H](C)NCc1nc(C(C)(C)C)no1. The van der Waals surface area contributed by atoms with Crippen LogP contribution in [0.25, 0.3) is 33.5 Å². The van der Waals surface area contributed by atoms with Gasteiger partial charge in [0.1, 0.15) is 12.0 Å². The Morgan fingerprint density at radius 3 is 2.33 bits per heavy atom. The van der Waals surface area contributed by atoms with E-state index in [4.69, 9.17) is 9.51 Å². The van der Waals surface area contributed by atoms with Crippen LogP contribution in [0.15, 0.2) is 83.6 Å². The van der Waals surface area contributed by atoms with Crippen molar-refractivity contribution in [2.45, 2.75) is 77.8 Å². The van der Waals surface area contributed by atoms with Gasteiger partial charge < -0.3 is 24.6 Å². The maximum atomic E-state index is 12.2. The van der Waals surface area contributed by atoms with E-state index < -0.39 is 0 Å². The van der Waals surface area contributed by atoms with Gasteiger partial charge in [0, 0.05) is 91.1 Å². The largest absolute Gasteiger partial charge is 0.372 e. The van der Waals surface area contributed by atoms with E-state index in [9.17, 15) is 9.59 Å². The molecule has 6 heterocycles. The highest BCUT2D eigenvalue weighted by Crippen LogP contribution is 2.35. The molecule has 3 amide bonds. The number of H-pyrrole nitrogens is 1. The van der Waals surface area contributed by atoms with Crippen LogP contribution < -0.4 is 20.4 Å². The lowest BCUT2D eigenvalue weighted by Crippen LogP contribution is -2.49. The second kappa shape index (κ2) is 16.3. The van der Waals surface area contributed by atoms with Crippen molar-refractivity contribution in [3.63, 3.8) is 0 Å². The van der Waals surface area contributed by atoms with Gasteiger partial charge in [0.2, 0.25) is 11.8 Å². The lowest BCUT2D eigenvalue weighted by atomic mass is 9.88. The number of aromatic amines is 1. The third-order valence-electron chi connectivity index (χ3n) is 12.5. The molecule has 310 valence electrons. The van der Waals surface area contributed by atoms with Crippen LogP contribution in [0.2, 0.25) is 0 Å². The van der Waals surface area contributed by atoms with Crippen LogP contribution in [0.5, 0.6) is 0 Å². The normalized spacial score (nSPS) is 17.6. The molecule has 3 saturated heterocycles. The lowest BCUT2D eigenvalue weighted by molar-refractivity contribution is -0.120. The monoisotopic (exact) mass is 806 g/mol. The number of aryl methyl sites for hydroxylation is 1. The van der Waals surface area contributed by atoms with E-state index in [-0.39, 0.29) is 23.4 Å². The van der Waals surface area contributed by atoms with Gasteiger partial charge in [0.05, 0.1) is 12.2 Å². The zero-order valence-corrected chi connectivity index (χ0v) is 35.2. The zero-order chi connectivity index (χ0) is 41.5. The minimum Gasteiger partial charge on any atom is -0.372 e. The molecule has 3 N–H and O–H groups in total. The van der Waals surface area contributed by atoms with Crippen LogP contribution >= 0.6 is 0 Å². The summed E-state index contributed by atoms with van der Waals surface area (Å²) in [4.78, 5) is 47.9. The number of fused-ring (bicyclic) bond motifs is 1. The molecule has 3 aliphatic rings. The van der Waals surface area contributed by atoms with E-state index >= 15 is 0 Å². The number of likely N-dealkylation sites (tertiary alicyclic amines) is 1. The average molecular weight is 807 g/mol. The highest BCUT2D eigenvalue weighted by atomic mass is 16.5. The van der Waals surface area contributed by atoms with Crippen LogP contribution in [0, 0.1) is 12.8 Å². The molecule has 60 heavy (non-hydrogen) atoms. The Bertz CT molecular complexity index is 2490. The predicted molar refractivity (Wildman–Crippen MR) is 234 cm³/mol. The van der Waals surface area contributed by atoms with E-state index in [2.05, 4.69) is 136 Å². The van der Waals surface area contributed by atoms with Crippen molar-refractivity contribution in [1.29, 1.82) is 0 Å². The Morgan fingerprint density at radius 2 is 1.63 bits per heavy atom. The molecule has 0 aliphatic carbocycles. The lowest BCUT2D eigenvalue weighted by Gasteiger charge is -2.43. The first-order valence-electron chi connectivity index (χ1n) is 21.3. The fraction of sp³-hybridized carbons (Fsp3) is 0.404. The van der Waals surface area contributed by atoms with E-state index in [1.807, 2.05) is 12.1 Å². The summed E-state index contributed by atoms with van der Waals surface area (Å²) in [6.45, 7) is 16.9. The minimum atomic E-state index is -0.344. The molecule has 3 aromatic carbocycles. The summed E-state index contributed by atoms with van der Waals surface area (Å²) in [6.07, 6.45) is 4.32. The molecule has 0 radical (unpaired) electrons. The number of piperidine rings is 1. The number of hydrogen-bond acceptors (Lipinski definition) is 10. The van der Waals surface area contributed by atoms with E-state index in [1.54, 1.807) is 11.2 Å². The molecule has 0 unspecified atom stereocenters. The van der Waals surface area contributed by atoms with Crippen molar-refractivity contribution in [3.8, 4) is 22.5 Å². The van der Waals surface area contributed by atoms with Crippen molar-refractivity contribution >= 4 is 34.3 Å². The quantitative estimate of drug-likeness (QED) is 0.118. The highest BCUT2D eigenvalue weighted by molar-refractivity contribution is 6.05. The summed E-state index contributed by atoms with van der Waals surface area (Å²) < 4.78 is 5.48. The number of nitrogens with zero attached hydrogens (tertiary/aromatic N) is 7. The van der Waals surface area contributed by atoms with Crippen molar-refractivity contribution in [3.05, 3.63) is 108 Å². The fourth-order valence-corrected chi connectivity index (χ4v) is 8.87. The average Bonchev–Trinajstić information content (AvgIpc) is 3.90. The summed E-state index contributed by atoms with van der Waals surface area (Å²) in [7, 11) is 0. The van der Waals surface area contributed by atoms with Gasteiger partial charge in [-0.1, -0.05) is 62.3 Å². The molecular formula is C47H54N10O3. The summed E-state index contributed by atoms with van der Waals surface area (Å²) in [5.74, 6) is 2.35. The zero-order valence-electron chi connectivity index (χ0n) is 35.2. The molecule has 0 spiro atoms. The standard InChI is InChI=1S/C47H54N10O3/c1-29-22-34(10-15-38(29)30(2)48-24-42-53-45(54-60-42)47(3,4)5)43-39-23-40(51-44(39)50-28-49-43)33-8-6-32(7-9-33)35-26-55(27-35)25-31-16-19-56(20-17-31)36-11-13-37(14-12-36)57-21-18-41(58)52-46(57)59/h6-15,22-23,28,30-31,35,48H,16-21,24-27H2,1-5H3,(H,49,50,51)(H,52,58,59)/t30-/m1/s1. The third-order valence-corrected chi connectivity index (χ3v) is 12.5. The number of aromatic nitrogens is 5. The number of urea groups is 1. The van der Waals surface area contributed by atoms with Crippen LogP contribution in [-0.4, -0.2) is 81.2 Å². The molecule has 0 bridgehead atoms. The number of imide groups is 1. The number of amides is 3. The first-order valence-corrected chi connectivity index (χ1v) is 21.3. The molecule has 1 atom stereocenters. The smallest absolute Gasteiger partial charge is 0.328 e. The molecule has 13 heteroatoms. The van der Waals surface area contributed by atoms with Gasteiger partial charge in [-0.15, -0.1) is 0 Å². The van der Waals surface area contributed by atoms with Crippen molar-refractivity contribution in [2.24, 2.45) is 5.92 Å². The van der Waals surface area contributed by atoms with Gasteiger partial charge in [-0.2, -0.15) is 4.98 Å². The summed E-state index contributed by atoms with van der Waals surface area (Å²) >= 11 is 0. The molecule has 3 fully saturated rings. The second-order valence-corrected chi connectivity index (χ2v) is 17.8. The van der Waals surface area contributed by atoms with Crippen molar-refractivity contribution < 1.29 is 14.1 Å². The van der Waals surface area contributed by atoms with E-state index in [0.717, 1.165) is 72.0 Å². The number of benzene rings is 3. The number of carbonyl (C=O) groups excluding carboxylic acids is 2. The third kappa shape index (κ3) is 8.28. The number of anilines is 2. The second-order valence-electron chi connectivity index (χ2n) is 17.8. The Balaban J connectivity index is 0.766. The minimum absolute atomic E-state index is 0.0924. The molecule has 9 rings (SSSR count). The van der Waals surface area contributed by atoms with Crippen LogP contribution in [0.4, 0.5) is 16.2 Å². The maximum absolute atomic E-state index is 12.2. The Morgan fingerprint density at radius 1 is 0.900 bits per heavy atom. The number of rotatable bonds is 11. The Labute approximate surface area is 351 Å². The Hall–Kier alpha value is -5.92. The predicted octanol–water partition coefficient (Wildman–Crippen LogP) is 7.89. The van der Waals surface area contributed by atoms with Crippen LogP contribution in [0.3, 0.4) is 0 Å². The molecule has 3 aliphatic heterocycles. The highest BCUT2D eigenvalue weighted by Gasteiger charge is 2.31. The fourth-order valence-electron chi connectivity index (χ4n) is 8.87. The first kappa shape index (κ1) is 39.5. The van der Waals surface area contributed by atoms with Gasteiger partial charge in [-0.3, -0.25) is 15.0 Å². The van der Waals surface area contributed by atoms with E-state index in [1.165, 1.54) is 35.2 Å². The topological polar surface area (TPSA) is 148 Å². The summed E-state index contributed by atoms with van der Waals surface area (Å²) in [6, 6.07) is 25.6. The van der Waals surface area contributed by atoms with Gasteiger partial charge >= 0.3 is 6.03 Å². The molecule has 3 aromatic heterocycles. The number of hydrogen-bond donors (Lipinski definition) is 3. The molecule has 13 nitrogen and oxygen atoms in total. The maximum Gasteiger partial charge on any atom is 0.328 e. The summed E-state index contributed by atoms with van der Waals surface area (Å²) in [5.41, 5.74) is 10.6. The van der Waals surface area contributed by atoms with Crippen molar-refractivity contribution in [2.75, 3.05) is 49.1 Å². The molecule has 0 saturated carbocycles.